The van der Waals surface area contributed by atoms with Gasteiger partial charge in [-0.05, 0) is 24.1 Å². The molecule has 0 spiro atoms. The first-order valence-corrected chi connectivity index (χ1v) is 7.27. The molecule has 0 aromatic heterocycles. The van der Waals surface area contributed by atoms with Gasteiger partial charge in [-0.25, -0.2) is 0 Å². The van der Waals surface area contributed by atoms with Gasteiger partial charge in [0, 0.05) is 6.54 Å². The number of halogens is 2. The maximum absolute atomic E-state index is 3.66. The second-order valence-electron chi connectivity index (χ2n) is 5.87. The third-order valence-corrected chi connectivity index (χ3v) is 4.65. The molecule has 1 nitrogen and oxygen atoms in total. The van der Waals surface area contributed by atoms with Crippen LogP contribution in [0, 0.1) is 18.9 Å². The summed E-state index contributed by atoms with van der Waals surface area (Å²) in [5.41, 5.74) is 9.77. The van der Waals surface area contributed by atoms with E-state index in [9.17, 15) is 0 Å². The van der Waals surface area contributed by atoms with E-state index < -0.39 is 0 Å². The van der Waals surface area contributed by atoms with Crippen molar-refractivity contribution in [2.24, 2.45) is 5.92 Å². The molecule has 0 amide bonds. The van der Waals surface area contributed by atoms with Gasteiger partial charge in [-0.3, -0.25) is 0 Å². The molecule has 1 N–H and O–H groups in total. The van der Waals surface area contributed by atoms with Crippen LogP contribution in [0.25, 0.3) is 5.57 Å². The molecule has 1 aliphatic carbocycles. The number of benzene rings is 1. The van der Waals surface area contributed by atoms with Crippen LogP contribution < -0.4 is 30.1 Å². The summed E-state index contributed by atoms with van der Waals surface area (Å²) < 4.78 is 0. The summed E-state index contributed by atoms with van der Waals surface area (Å²) in [6.07, 6.45) is 6.10. The Morgan fingerprint density at radius 3 is 2.41 bits per heavy atom. The molecule has 0 bridgehead atoms. The Kier molecular flexibility index (Phi) is 8.51. The maximum Gasteiger partial charge on any atom is 3.00 e. The van der Waals surface area contributed by atoms with E-state index in [2.05, 4.69) is 51.2 Å². The second-order valence-corrected chi connectivity index (χ2v) is 5.87. The smallest absolute Gasteiger partial charge is 1.00 e. The van der Waals surface area contributed by atoms with Crippen molar-refractivity contribution in [3.8, 4) is 0 Å². The van der Waals surface area contributed by atoms with Crippen molar-refractivity contribution >= 4 is 11.3 Å². The summed E-state index contributed by atoms with van der Waals surface area (Å²) in [6, 6.07) is 4.55. The molecule has 3 rings (SSSR count). The Balaban J connectivity index is 0.00000147. The number of anilines is 1. The van der Waals surface area contributed by atoms with Crippen molar-refractivity contribution in [1.29, 1.82) is 0 Å². The van der Waals surface area contributed by atoms with Crippen LogP contribution in [0.1, 0.15) is 43.9 Å². The normalized spacial score (nSPS) is 19.1. The van der Waals surface area contributed by atoms with Crippen LogP contribution in [0.15, 0.2) is 23.3 Å². The third kappa shape index (κ3) is 3.65. The van der Waals surface area contributed by atoms with Crippen molar-refractivity contribution in [3.05, 3.63) is 46.0 Å². The van der Waals surface area contributed by atoms with Crippen LogP contribution in [0.5, 0.6) is 0 Å². The summed E-state index contributed by atoms with van der Waals surface area (Å²) in [4.78, 5) is 0. The van der Waals surface area contributed by atoms with E-state index >= 15 is 0 Å². The molecule has 0 saturated heterocycles. The first kappa shape index (κ1) is 21.8. The molecule has 0 fully saturated rings. The maximum atomic E-state index is 3.66. The van der Waals surface area contributed by atoms with E-state index in [1.807, 2.05) is 0 Å². The predicted molar refractivity (Wildman–Crippen MR) is 82.2 cm³/mol. The van der Waals surface area contributed by atoms with E-state index in [0.717, 1.165) is 6.54 Å². The molecule has 1 atom stereocenters. The van der Waals surface area contributed by atoms with Crippen molar-refractivity contribution in [3.63, 3.8) is 0 Å². The van der Waals surface area contributed by atoms with Gasteiger partial charge in [0.2, 0.25) is 0 Å². The number of nitrogens with one attached hydrogen (secondary N) is 1. The van der Waals surface area contributed by atoms with Gasteiger partial charge in [0.05, 0.1) is 0 Å². The fraction of sp³-hybridized carbons (Fsp3) is 0.444. The molecule has 117 valence electrons. The van der Waals surface area contributed by atoms with Gasteiger partial charge in [-0.2, -0.15) is 17.2 Å². The van der Waals surface area contributed by atoms with Gasteiger partial charge >= 0.3 is 21.7 Å². The number of hydrogen-bond donors (Lipinski definition) is 1. The number of rotatable bonds is 1. The van der Waals surface area contributed by atoms with Crippen LogP contribution >= 0.6 is 0 Å². The van der Waals surface area contributed by atoms with Gasteiger partial charge in [-0.15, -0.1) is 11.1 Å². The molecule has 0 saturated carbocycles. The van der Waals surface area contributed by atoms with Gasteiger partial charge in [0.15, 0.2) is 0 Å². The van der Waals surface area contributed by atoms with Crippen LogP contribution in [0.2, 0.25) is 0 Å². The number of hydrogen-bond acceptors (Lipinski definition) is 1. The largest absolute Gasteiger partial charge is 3.00 e. The average Bonchev–Trinajstić information content (AvgIpc) is 2.66. The van der Waals surface area contributed by atoms with Gasteiger partial charge in [0.1, 0.15) is 0 Å². The predicted octanol–water partition coefficient (Wildman–Crippen LogP) is -1.47. The Hall–Kier alpha value is -0.206. The molecule has 4 heteroatoms. The SMILES string of the molecule is CC1=C(C)C(C)[C-]=C1c1c(C)ccc2c1NCCC2.[Cl-].[Cl-].[Ti+3]. The minimum Gasteiger partial charge on any atom is -1.00 e. The summed E-state index contributed by atoms with van der Waals surface area (Å²) in [5.74, 6) is 0.453. The number of aryl methyl sites for hydroxylation is 2. The van der Waals surface area contributed by atoms with E-state index in [1.54, 1.807) is 0 Å². The fourth-order valence-corrected chi connectivity index (χ4v) is 3.19. The van der Waals surface area contributed by atoms with Crippen molar-refractivity contribution < 1.29 is 46.5 Å². The Morgan fingerprint density at radius 1 is 1.14 bits per heavy atom. The van der Waals surface area contributed by atoms with E-state index in [1.165, 1.54) is 51.9 Å². The van der Waals surface area contributed by atoms with Crippen molar-refractivity contribution in [2.75, 3.05) is 11.9 Å². The molecule has 2 aliphatic rings. The molecule has 1 aromatic rings. The summed E-state index contributed by atoms with van der Waals surface area (Å²) in [5, 5.41) is 3.62. The molecule has 1 aliphatic heterocycles. The summed E-state index contributed by atoms with van der Waals surface area (Å²) in [7, 11) is 0. The van der Waals surface area contributed by atoms with E-state index in [-0.39, 0.29) is 46.5 Å². The van der Waals surface area contributed by atoms with Crippen molar-refractivity contribution in [2.45, 2.75) is 40.5 Å². The van der Waals surface area contributed by atoms with E-state index in [4.69, 9.17) is 0 Å². The third-order valence-electron chi connectivity index (χ3n) is 4.65. The van der Waals surface area contributed by atoms with Crippen LogP contribution in [0.3, 0.4) is 0 Å². The summed E-state index contributed by atoms with van der Waals surface area (Å²) in [6.45, 7) is 10.0. The fourth-order valence-electron chi connectivity index (χ4n) is 3.19. The zero-order chi connectivity index (χ0) is 13.6. The topological polar surface area (TPSA) is 12.0 Å². The molecule has 1 heterocycles. The van der Waals surface area contributed by atoms with Crippen LogP contribution in [-0.2, 0) is 28.1 Å². The minimum atomic E-state index is 0. The van der Waals surface area contributed by atoms with Gasteiger partial charge in [0.25, 0.3) is 0 Å². The molecular formula is C18H22Cl2NTi. The zero-order valence-corrected chi connectivity index (χ0v) is 16.7. The molecule has 1 unspecified atom stereocenters. The first-order valence-electron chi connectivity index (χ1n) is 7.27. The number of fused-ring (bicyclic) bond motifs is 1. The van der Waals surface area contributed by atoms with Gasteiger partial charge in [-0.1, -0.05) is 51.3 Å². The average molecular weight is 371 g/mol. The van der Waals surface area contributed by atoms with Crippen LogP contribution in [-0.4, -0.2) is 6.54 Å². The molecular weight excluding hydrogens is 349 g/mol. The Morgan fingerprint density at radius 2 is 1.82 bits per heavy atom. The standard InChI is InChI=1S/C18H22N.2ClH.Ti/c1-11-7-8-15-6-5-9-19-18(15)17(11)16-10-12(2)13(3)14(16)4;;;/h7-8,12,19H,5-6,9H2,1-4H3;2*1H;/q-1;;;+3/p-2. The molecule has 1 radical (unpaired) electrons. The zero-order valence-electron chi connectivity index (χ0n) is 13.6. The Labute approximate surface area is 161 Å². The second kappa shape index (κ2) is 8.59. The minimum absolute atomic E-state index is 0. The summed E-state index contributed by atoms with van der Waals surface area (Å²) >= 11 is 0. The number of allylic oxidation sites excluding steroid dienone is 4. The molecule has 22 heavy (non-hydrogen) atoms. The van der Waals surface area contributed by atoms with Crippen LogP contribution in [0.4, 0.5) is 5.69 Å². The quantitative estimate of drug-likeness (QED) is 0.470. The first-order chi connectivity index (χ1) is 9.09. The molecule has 1 aromatic carbocycles. The Bertz CT molecular complexity index is 605. The van der Waals surface area contributed by atoms with Gasteiger partial charge < -0.3 is 30.1 Å². The van der Waals surface area contributed by atoms with E-state index in [0.29, 0.717) is 5.92 Å². The van der Waals surface area contributed by atoms with Crippen molar-refractivity contribution in [1.82, 2.24) is 0 Å². The monoisotopic (exact) mass is 370 g/mol.